The van der Waals surface area contributed by atoms with Gasteiger partial charge in [-0.25, -0.2) is 4.98 Å². The third-order valence-corrected chi connectivity index (χ3v) is 4.35. The highest BCUT2D eigenvalue weighted by molar-refractivity contribution is 5.82. The van der Waals surface area contributed by atoms with Gasteiger partial charge in [-0.15, -0.1) is 0 Å². The van der Waals surface area contributed by atoms with Gasteiger partial charge in [-0.3, -0.25) is 4.79 Å². The Morgan fingerprint density at radius 1 is 1.28 bits per heavy atom. The molecular formula is C21H20N6O2. The average Bonchev–Trinajstić information content (AvgIpc) is 2.75. The van der Waals surface area contributed by atoms with Crippen molar-refractivity contribution in [3.05, 3.63) is 82.2 Å². The van der Waals surface area contributed by atoms with Crippen LogP contribution in [0.1, 0.15) is 11.1 Å². The summed E-state index contributed by atoms with van der Waals surface area (Å²) >= 11 is 0. The minimum atomic E-state index is -0.535. The first-order valence-corrected chi connectivity index (χ1v) is 8.74. The average molecular weight is 388 g/mol. The molecule has 146 valence electrons. The highest BCUT2D eigenvalue weighted by Gasteiger charge is 2.15. The molecule has 8 nitrogen and oxygen atoms in total. The molecule has 0 unspecified atom stereocenters. The van der Waals surface area contributed by atoms with E-state index in [4.69, 9.17) is 16.2 Å². The standard InChI is InChI=1S/C21H20N6O2/c1-29-17-9-13(7-8-15(17)14-5-3-2-4-6-14)11-25-19(23)16(10-22)18-20(24)26-12-27-21(18)28/h2-9,12,25H,11,23H2,1H3,(H3,24,26,27,28)/b19-16+. The minimum absolute atomic E-state index is 0.0313. The van der Waals surface area contributed by atoms with Crippen molar-refractivity contribution in [2.75, 3.05) is 12.8 Å². The van der Waals surface area contributed by atoms with Crippen molar-refractivity contribution >= 4 is 11.4 Å². The van der Waals surface area contributed by atoms with Gasteiger partial charge in [0.05, 0.1) is 13.4 Å². The van der Waals surface area contributed by atoms with Crippen molar-refractivity contribution in [1.29, 1.82) is 5.26 Å². The zero-order chi connectivity index (χ0) is 20.8. The Morgan fingerprint density at radius 3 is 2.69 bits per heavy atom. The van der Waals surface area contributed by atoms with Crippen LogP contribution in [0.5, 0.6) is 5.75 Å². The number of anilines is 1. The molecule has 3 aromatic rings. The lowest BCUT2D eigenvalue weighted by atomic mass is 10.0. The van der Waals surface area contributed by atoms with Gasteiger partial charge in [0.1, 0.15) is 34.6 Å². The molecule has 1 aromatic heterocycles. The van der Waals surface area contributed by atoms with Gasteiger partial charge in [-0.2, -0.15) is 5.26 Å². The number of aromatic amines is 1. The number of H-pyrrole nitrogens is 1. The topological polar surface area (TPSA) is 143 Å². The largest absolute Gasteiger partial charge is 0.496 e. The van der Waals surface area contributed by atoms with Gasteiger partial charge < -0.3 is 26.5 Å². The maximum atomic E-state index is 12.0. The highest BCUT2D eigenvalue weighted by Crippen LogP contribution is 2.30. The van der Waals surface area contributed by atoms with Crippen LogP contribution in [0.2, 0.25) is 0 Å². The second-order valence-corrected chi connectivity index (χ2v) is 6.15. The lowest BCUT2D eigenvalue weighted by Crippen LogP contribution is -2.24. The summed E-state index contributed by atoms with van der Waals surface area (Å²) in [5.41, 5.74) is 14.0. The summed E-state index contributed by atoms with van der Waals surface area (Å²) in [4.78, 5) is 18.2. The quantitative estimate of drug-likeness (QED) is 0.473. The molecule has 8 heteroatoms. The van der Waals surface area contributed by atoms with Gasteiger partial charge >= 0.3 is 0 Å². The Hall–Kier alpha value is -4.25. The molecule has 0 saturated heterocycles. The molecule has 0 atom stereocenters. The van der Waals surface area contributed by atoms with Gasteiger partial charge in [0.25, 0.3) is 5.56 Å². The van der Waals surface area contributed by atoms with E-state index < -0.39 is 5.56 Å². The van der Waals surface area contributed by atoms with Crippen molar-refractivity contribution in [1.82, 2.24) is 15.3 Å². The van der Waals surface area contributed by atoms with E-state index in [0.717, 1.165) is 16.7 Å². The Balaban J connectivity index is 1.86. The summed E-state index contributed by atoms with van der Waals surface area (Å²) in [6.45, 7) is 0.320. The Morgan fingerprint density at radius 2 is 2.03 bits per heavy atom. The molecule has 2 aromatic carbocycles. The lowest BCUT2D eigenvalue weighted by molar-refractivity contribution is 0.416. The zero-order valence-corrected chi connectivity index (χ0v) is 15.8. The van der Waals surface area contributed by atoms with E-state index in [0.29, 0.717) is 12.3 Å². The van der Waals surface area contributed by atoms with Crippen LogP contribution in [-0.2, 0) is 6.54 Å². The maximum absolute atomic E-state index is 12.0. The van der Waals surface area contributed by atoms with Crippen LogP contribution < -0.4 is 27.1 Å². The van der Waals surface area contributed by atoms with Crippen LogP contribution in [-0.4, -0.2) is 17.1 Å². The van der Waals surface area contributed by atoms with Gasteiger partial charge in [0, 0.05) is 12.1 Å². The summed E-state index contributed by atoms with van der Waals surface area (Å²) in [6.07, 6.45) is 1.17. The number of nitrogen functional groups attached to an aromatic ring is 1. The third-order valence-electron chi connectivity index (χ3n) is 4.35. The number of allylic oxidation sites excluding steroid dienone is 1. The van der Waals surface area contributed by atoms with Crippen molar-refractivity contribution in [3.8, 4) is 22.9 Å². The molecule has 3 rings (SSSR count). The number of methoxy groups -OCH3 is 1. The van der Waals surface area contributed by atoms with Crippen LogP contribution in [0, 0.1) is 11.3 Å². The number of nitrogens with two attached hydrogens (primary N) is 2. The Kier molecular flexibility index (Phi) is 5.80. The first-order chi connectivity index (χ1) is 14.0. The Bertz CT molecular complexity index is 1150. The van der Waals surface area contributed by atoms with Gasteiger partial charge in [0.15, 0.2) is 0 Å². The molecule has 0 radical (unpaired) electrons. The predicted molar refractivity (Wildman–Crippen MR) is 111 cm³/mol. The molecule has 0 aliphatic heterocycles. The first kappa shape index (κ1) is 19.5. The van der Waals surface area contributed by atoms with Crippen molar-refractivity contribution in [2.24, 2.45) is 5.73 Å². The molecule has 1 heterocycles. The number of nitriles is 1. The van der Waals surface area contributed by atoms with Gasteiger partial charge in [-0.05, 0) is 17.2 Å². The number of ether oxygens (including phenoxy) is 1. The molecule has 0 saturated carbocycles. The maximum Gasteiger partial charge on any atom is 0.261 e. The SMILES string of the molecule is COc1cc(CN/C(N)=C(\C#N)c2c(N)nc[nH]c2=O)ccc1-c1ccccc1. The van der Waals surface area contributed by atoms with Crippen LogP contribution in [0.4, 0.5) is 5.82 Å². The highest BCUT2D eigenvalue weighted by atomic mass is 16.5. The number of hydrogen-bond acceptors (Lipinski definition) is 7. The molecule has 0 aliphatic carbocycles. The van der Waals surface area contributed by atoms with E-state index in [1.54, 1.807) is 7.11 Å². The fourth-order valence-corrected chi connectivity index (χ4v) is 2.89. The number of nitrogens with zero attached hydrogens (tertiary/aromatic N) is 2. The second kappa shape index (κ2) is 8.63. The van der Waals surface area contributed by atoms with Crippen LogP contribution >= 0.6 is 0 Å². The number of aromatic nitrogens is 2. The van der Waals surface area contributed by atoms with E-state index in [1.807, 2.05) is 54.6 Å². The number of hydrogen-bond donors (Lipinski definition) is 4. The summed E-state index contributed by atoms with van der Waals surface area (Å²) in [6, 6.07) is 17.6. The number of nitrogens with one attached hydrogen (secondary N) is 2. The van der Waals surface area contributed by atoms with E-state index in [9.17, 15) is 10.1 Å². The van der Waals surface area contributed by atoms with Gasteiger partial charge in [-0.1, -0.05) is 42.5 Å². The van der Waals surface area contributed by atoms with Crippen LogP contribution in [0.25, 0.3) is 16.7 Å². The summed E-state index contributed by atoms with van der Waals surface area (Å²) in [7, 11) is 1.61. The molecular weight excluding hydrogens is 368 g/mol. The molecule has 6 N–H and O–H groups in total. The number of benzene rings is 2. The minimum Gasteiger partial charge on any atom is -0.496 e. The second-order valence-electron chi connectivity index (χ2n) is 6.15. The monoisotopic (exact) mass is 388 g/mol. The zero-order valence-electron chi connectivity index (χ0n) is 15.8. The number of rotatable bonds is 6. The van der Waals surface area contributed by atoms with E-state index in [1.165, 1.54) is 6.33 Å². The third kappa shape index (κ3) is 4.20. The van der Waals surface area contributed by atoms with Crippen molar-refractivity contribution in [3.63, 3.8) is 0 Å². The van der Waals surface area contributed by atoms with E-state index in [2.05, 4.69) is 15.3 Å². The van der Waals surface area contributed by atoms with Crippen molar-refractivity contribution in [2.45, 2.75) is 6.54 Å². The summed E-state index contributed by atoms with van der Waals surface area (Å²) < 4.78 is 5.52. The smallest absolute Gasteiger partial charge is 0.261 e. The van der Waals surface area contributed by atoms with E-state index in [-0.39, 0.29) is 22.8 Å². The Labute approximate surface area is 167 Å². The molecule has 0 fully saturated rings. The van der Waals surface area contributed by atoms with Crippen LogP contribution in [0.15, 0.2) is 65.5 Å². The van der Waals surface area contributed by atoms with E-state index >= 15 is 0 Å². The lowest BCUT2D eigenvalue weighted by Gasteiger charge is -2.13. The predicted octanol–water partition coefficient (Wildman–Crippen LogP) is 1.97. The molecule has 0 aliphatic rings. The molecule has 29 heavy (non-hydrogen) atoms. The summed E-state index contributed by atoms with van der Waals surface area (Å²) in [5, 5.41) is 12.4. The molecule has 0 spiro atoms. The molecule has 0 amide bonds. The van der Waals surface area contributed by atoms with Gasteiger partial charge in [0.2, 0.25) is 0 Å². The normalized spacial score (nSPS) is 11.3. The van der Waals surface area contributed by atoms with Crippen molar-refractivity contribution < 1.29 is 4.74 Å². The fraction of sp³-hybridized carbons (Fsp3) is 0.0952. The fourth-order valence-electron chi connectivity index (χ4n) is 2.89. The summed E-state index contributed by atoms with van der Waals surface area (Å²) in [5.74, 6) is 0.680. The van der Waals surface area contributed by atoms with Crippen LogP contribution in [0.3, 0.4) is 0 Å². The molecule has 0 bridgehead atoms. The first-order valence-electron chi connectivity index (χ1n) is 8.74.